The average Bonchev–Trinajstić information content (AvgIpc) is 2.46. The Hall–Kier alpha value is -2.10. The maximum Gasteiger partial charge on any atom is 0.224 e. The molecule has 1 aromatic heterocycles. The number of hydrogen-bond acceptors (Lipinski definition) is 4. The lowest BCUT2D eigenvalue weighted by Crippen LogP contribution is -2.19. The van der Waals surface area contributed by atoms with Crippen molar-refractivity contribution in [1.82, 2.24) is 9.97 Å². The Balaban J connectivity index is 2.02. The van der Waals surface area contributed by atoms with Crippen LogP contribution in [0.15, 0.2) is 42.6 Å². The van der Waals surface area contributed by atoms with Crippen molar-refractivity contribution in [1.29, 1.82) is 0 Å². The van der Waals surface area contributed by atoms with Gasteiger partial charge in [0.05, 0.1) is 0 Å². The van der Waals surface area contributed by atoms with E-state index in [0.717, 1.165) is 18.9 Å². The molecule has 0 spiro atoms. The molecule has 0 amide bonds. The Morgan fingerprint density at radius 2 is 1.90 bits per heavy atom. The van der Waals surface area contributed by atoms with Crippen molar-refractivity contribution >= 4 is 11.8 Å². The minimum Gasteiger partial charge on any atom is -0.355 e. The second-order valence-corrected chi connectivity index (χ2v) is 5.35. The number of nitrogens with one attached hydrogen (secondary N) is 1. The van der Waals surface area contributed by atoms with Crippen LogP contribution in [-0.2, 0) is 6.54 Å². The molecule has 1 aromatic carbocycles. The van der Waals surface area contributed by atoms with Crippen LogP contribution in [0.1, 0.15) is 19.4 Å². The highest BCUT2D eigenvalue weighted by Gasteiger charge is 2.05. The Morgan fingerprint density at radius 1 is 1.15 bits per heavy atom. The van der Waals surface area contributed by atoms with E-state index in [9.17, 15) is 0 Å². The Kier molecular flexibility index (Phi) is 4.93. The van der Waals surface area contributed by atoms with Gasteiger partial charge in [0.15, 0.2) is 0 Å². The molecule has 2 aromatic rings. The van der Waals surface area contributed by atoms with Crippen LogP contribution in [0, 0.1) is 5.92 Å². The quantitative estimate of drug-likeness (QED) is 0.875. The highest BCUT2D eigenvalue weighted by molar-refractivity contribution is 5.42. The summed E-state index contributed by atoms with van der Waals surface area (Å²) in [6.45, 7) is 6.05. The number of rotatable bonds is 6. The fourth-order valence-electron chi connectivity index (χ4n) is 1.88. The fourth-order valence-corrected chi connectivity index (χ4v) is 1.88. The molecule has 4 heteroatoms. The molecule has 0 aliphatic rings. The number of nitrogens with zero attached hydrogens (tertiary/aromatic N) is 3. The maximum absolute atomic E-state index is 4.54. The van der Waals surface area contributed by atoms with Crippen molar-refractivity contribution in [3.8, 4) is 0 Å². The van der Waals surface area contributed by atoms with Crippen LogP contribution in [0.25, 0.3) is 0 Å². The zero-order valence-electron chi connectivity index (χ0n) is 12.4. The second kappa shape index (κ2) is 6.89. The van der Waals surface area contributed by atoms with Gasteiger partial charge in [-0.1, -0.05) is 44.2 Å². The van der Waals surface area contributed by atoms with Gasteiger partial charge in [-0.15, -0.1) is 0 Å². The lowest BCUT2D eigenvalue weighted by atomic mass is 10.2. The molecule has 0 aliphatic heterocycles. The number of benzene rings is 1. The molecule has 4 nitrogen and oxygen atoms in total. The molecule has 2 rings (SSSR count). The van der Waals surface area contributed by atoms with Crippen LogP contribution in [0.3, 0.4) is 0 Å². The SMILES string of the molecule is CC(C)CNc1nccc(N(C)Cc2ccccc2)n1. The van der Waals surface area contributed by atoms with E-state index in [2.05, 4.69) is 58.3 Å². The van der Waals surface area contributed by atoms with Gasteiger partial charge in [-0.05, 0) is 17.5 Å². The van der Waals surface area contributed by atoms with Crippen molar-refractivity contribution in [2.45, 2.75) is 20.4 Å². The van der Waals surface area contributed by atoms with E-state index < -0.39 is 0 Å². The predicted molar refractivity (Wildman–Crippen MR) is 83.9 cm³/mol. The fraction of sp³-hybridized carbons (Fsp3) is 0.375. The first-order valence-electron chi connectivity index (χ1n) is 6.97. The molecule has 0 bridgehead atoms. The van der Waals surface area contributed by atoms with Crippen LogP contribution >= 0.6 is 0 Å². The minimum absolute atomic E-state index is 0.573. The van der Waals surface area contributed by atoms with Crippen LogP contribution in [0.4, 0.5) is 11.8 Å². The molecule has 0 saturated heterocycles. The van der Waals surface area contributed by atoms with Gasteiger partial charge in [0.2, 0.25) is 5.95 Å². The van der Waals surface area contributed by atoms with Gasteiger partial charge in [0, 0.05) is 26.3 Å². The predicted octanol–water partition coefficient (Wildman–Crippen LogP) is 3.18. The summed E-state index contributed by atoms with van der Waals surface area (Å²) in [5.41, 5.74) is 1.27. The first-order chi connectivity index (χ1) is 9.65. The molecule has 106 valence electrons. The zero-order valence-corrected chi connectivity index (χ0v) is 12.4. The van der Waals surface area contributed by atoms with Crippen LogP contribution in [-0.4, -0.2) is 23.6 Å². The van der Waals surface area contributed by atoms with E-state index >= 15 is 0 Å². The van der Waals surface area contributed by atoms with Crippen LogP contribution < -0.4 is 10.2 Å². The third kappa shape index (κ3) is 4.23. The molecule has 20 heavy (non-hydrogen) atoms. The molecule has 0 unspecified atom stereocenters. The molecule has 0 saturated carbocycles. The molecule has 0 atom stereocenters. The molecule has 0 aliphatic carbocycles. The van der Waals surface area contributed by atoms with Gasteiger partial charge < -0.3 is 10.2 Å². The van der Waals surface area contributed by atoms with E-state index in [1.165, 1.54) is 5.56 Å². The first kappa shape index (κ1) is 14.3. The number of hydrogen-bond donors (Lipinski definition) is 1. The Morgan fingerprint density at radius 3 is 2.60 bits per heavy atom. The van der Waals surface area contributed by atoms with Gasteiger partial charge in [0.25, 0.3) is 0 Å². The summed E-state index contributed by atoms with van der Waals surface area (Å²) in [7, 11) is 2.04. The minimum atomic E-state index is 0.573. The Labute approximate surface area is 120 Å². The average molecular weight is 270 g/mol. The monoisotopic (exact) mass is 270 g/mol. The molecule has 1 N–H and O–H groups in total. The van der Waals surface area contributed by atoms with E-state index in [1.807, 2.05) is 19.2 Å². The van der Waals surface area contributed by atoms with Crippen molar-refractivity contribution in [2.75, 3.05) is 23.8 Å². The largest absolute Gasteiger partial charge is 0.355 e. The topological polar surface area (TPSA) is 41.1 Å². The summed E-state index contributed by atoms with van der Waals surface area (Å²) < 4.78 is 0. The van der Waals surface area contributed by atoms with Crippen molar-refractivity contribution in [3.05, 3.63) is 48.2 Å². The summed E-state index contributed by atoms with van der Waals surface area (Å²) in [4.78, 5) is 10.9. The molecule has 0 fully saturated rings. The lowest BCUT2D eigenvalue weighted by molar-refractivity contribution is 0.684. The van der Waals surface area contributed by atoms with Gasteiger partial charge in [0.1, 0.15) is 5.82 Å². The molecular formula is C16H22N4. The third-order valence-corrected chi connectivity index (χ3v) is 2.96. The van der Waals surface area contributed by atoms with E-state index in [4.69, 9.17) is 0 Å². The van der Waals surface area contributed by atoms with Crippen molar-refractivity contribution in [3.63, 3.8) is 0 Å². The normalized spacial score (nSPS) is 10.6. The van der Waals surface area contributed by atoms with Crippen molar-refractivity contribution < 1.29 is 0 Å². The van der Waals surface area contributed by atoms with E-state index in [-0.39, 0.29) is 0 Å². The summed E-state index contributed by atoms with van der Waals surface area (Å²) in [5, 5.41) is 3.25. The van der Waals surface area contributed by atoms with Crippen LogP contribution in [0.5, 0.6) is 0 Å². The Bertz CT molecular complexity index is 525. The summed E-state index contributed by atoms with van der Waals surface area (Å²) in [6, 6.07) is 12.3. The third-order valence-electron chi connectivity index (χ3n) is 2.96. The van der Waals surface area contributed by atoms with Crippen molar-refractivity contribution in [2.24, 2.45) is 5.92 Å². The maximum atomic E-state index is 4.54. The molecular weight excluding hydrogens is 248 g/mol. The standard InChI is InChI=1S/C16H22N4/c1-13(2)11-18-16-17-10-9-15(19-16)20(3)12-14-7-5-4-6-8-14/h4-10,13H,11-12H2,1-3H3,(H,17,18,19). The van der Waals surface area contributed by atoms with Gasteiger partial charge in [-0.2, -0.15) is 4.98 Å². The smallest absolute Gasteiger partial charge is 0.224 e. The van der Waals surface area contributed by atoms with Crippen LogP contribution in [0.2, 0.25) is 0 Å². The number of anilines is 2. The summed E-state index contributed by atoms with van der Waals surface area (Å²) in [5.74, 6) is 2.19. The summed E-state index contributed by atoms with van der Waals surface area (Å²) >= 11 is 0. The second-order valence-electron chi connectivity index (χ2n) is 5.35. The zero-order chi connectivity index (χ0) is 14.4. The first-order valence-corrected chi connectivity index (χ1v) is 6.97. The van der Waals surface area contributed by atoms with E-state index in [0.29, 0.717) is 11.9 Å². The van der Waals surface area contributed by atoms with E-state index in [1.54, 1.807) is 6.20 Å². The summed E-state index contributed by atoms with van der Waals surface area (Å²) in [6.07, 6.45) is 1.80. The molecule has 1 heterocycles. The highest BCUT2D eigenvalue weighted by Crippen LogP contribution is 2.13. The molecule has 0 radical (unpaired) electrons. The number of aromatic nitrogens is 2. The highest BCUT2D eigenvalue weighted by atomic mass is 15.2. The van der Waals surface area contributed by atoms with Gasteiger partial charge in [-0.3, -0.25) is 0 Å². The lowest BCUT2D eigenvalue weighted by Gasteiger charge is -2.19. The van der Waals surface area contributed by atoms with Gasteiger partial charge >= 0.3 is 0 Å². The van der Waals surface area contributed by atoms with Gasteiger partial charge in [-0.25, -0.2) is 4.98 Å².